The fourth-order valence-corrected chi connectivity index (χ4v) is 4.52. The highest BCUT2D eigenvalue weighted by molar-refractivity contribution is 7.91. The van der Waals surface area contributed by atoms with Crippen molar-refractivity contribution < 1.29 is 13.2 Å². The first-order valence-electron chi connectivity index (χ1n) is 7.65. The zero-order chi connectivity index (χ0) is 15.6. The Kier molecular flexibility index (Phi) is 4.52. The number of morpholine rings is 1. The first-order valence-corrected chi connectivity index (χ1v) is 9.30. The average molecular weight is 322 g/mol. The second-order valence-corrected chi connectivity index (χ2v) is 7.83. The van der Waals surface area contributed by atoms with Gasteiger partial charge in [0.05, 0.1) is 23.9 Å². The van der Waals surface area contributed by atoms with E-state index >= 15 is 0 Å². The summed E-state index contributed by atoms with van der Waals surface area (Å²) in [5.41, 5.74) is 0.953. The monoisotopic (exact) mass is 322 g/mol. The van der Waals surface area contributed by atoms with Gasteiger partial charge < -0.3 is 9.30 Å². The maximum Gasteiger partial charge on any atom is 0.180 e. The molecule has 0 aliphatic carbocycles. The van der Waals surface area contributed by atoms with E-state index in [1.165, 1.54) is 0 Å². The zero-order valence-corrected chi connectivity index (χ0v) is 13.7. The van der Waals surface area contributed by atoms with Crippen LogP contribution in [0.2, 0.25) is 0 Å². The van der Waals surface area contributed by atoms with Gasteiger partial charge in [0.2, 0.25) is 0 Å². The van der Waals surface area contributed by atoms with E-state index in [2.05, 4.69) is 4.90 Å². The van der Waals surface area contributed by atoms with Gasteiger partial charge in [0.1, 0.15) is 0 Å². The Balaban J connectivity index is 1.71. The van der Waals surface area contributed by atoms with Crippen LogP contribution in [0.5, 0.6) is 0 Å². The summed E-state index contributed by atoms with van der Waals surface area (Å²) in [4.78, 5) is 2.72. The van der Waals surface area contributed by atoms with Crippen LogP contribution in [0.25, 0.3) is 10.9 Å². The Hall–Kier alpha value is -1.37. The molecule has 1 aliphatic rings. The minimum absolute atomic E-state index is 0.193. The number of ether oxygens (including phenoxy) is 1. The van der Waals surface area contributed by atoms with Crippen molar-refractivity contribution in [1.82, 2.24) is 9.47 Å². The molecule has 3 rings (SSSR count). The maximum atomic E-state index is 12.6. The molecule has 6 heteroatoms. The molecule has 0 radical (unpaired) electrons. The predicted molar refractivity (Wildman–Crippen MR) is 86.8 cm³/mol. The Morgan fingerprint density at radius 3 is 2.68 bits per heavy atom. The third-order valence-corrected chi connectivity index (χ3v) is 6.01. The molecule has 22 heavy (non-hydrogen) atoms. The molecule has 1 aliphatic heterocycles. The summed E-state index contributed by atoms with van der Waals surface area (Å²) >= 11 is 0. The second kappa shape index (κ2) is 6.40. The van der Waals surface area contributed by atoms with Crippen LogP contribution in [0.3, 0.4) is 0 Å². The van der Waals surface area contributed by atoms with Crippen LogP contribution in [0.15, 0.2) is 35.4 Å². The molecule has 1 aromatic carbocycles. The average Bonchev–Trinajstić information content (AvgIpc) is 2.87. The van der Waals surface area contributed by atoms with Gasteiger partial charge in [-0.1, -0.05) is 18.2 Å². The third-order valence-electron chi connectivity index (χ3n) is 4.19. The first kappa shape index (κ1) is 15.5. The highest BCUT2D eigenvalue weighted by atomic mass is 32.2. The molecule has 0 unspecified atom stereocenters. The number of rotatable bonds is 5. The van der Waals surface area contributed by atoms with E-state index in [9.17, 15) is 8.42 Å². The predicted octanol–water partition coefficient (Wildman–Crippen LogP) is 1.67. The summed E-state index contributed by atoms with van der Waals surface area (Å²) in [6, 6.07) is 7.64. The molecule has 0 atom stereocenters. The lowest BCUT2D eigenvalue weighted by molar-refractivity contribution is 0.0381. The van der Waals surface area contributed by atoms with Crippen molar-refractivity contribution in [3.05, 3.63) is 30.5 Å². The fourth-order valence-electron chi connectivity index (χ4n) is 2.97. The van der Waals surface area contributed by atoms with Crippen molar-refractivity contribution in [1.29, 1.82) is 0 Å². The number of nitrogens with zero attached hydrogens (tertiary/aromatic N) is 2. The third kappa shape index (κ3) is 3.19. The lowest BCUT2D eigenvalue weighted by Gasteiger charge is -2.26. The summed E-state index contributed by atoms with van der Waals surface area (Å²) in [5.74, 6) is 0.193. The van der Waals surface area contributed by atoms with Gasteiger partial charge in [0, 0.05) is 37.2 Å². The highest BCUT2D eigenvalue weighted by Crippen LogP contribution is 2.25. The number of aryl methyl sites for hydroxylation is 1. The summed E-state index contributed by atoms with van der Waals surface area (Å²) < 4.78 is 32.5. The van der Waals surface area contributed by atoms with Crippen molar-refractivity contribution in [3.8, 4) is 0 Å². The number of sulfone groups is 1. The van der Waals surface area contributed by atoms with Crippen LogP contribution < -0.4 is 0 Å². The van der Waals surface area contributed by atoms with Crippen molar-refractivity contribution in [2.75, 3.05) is 38.6 Å². The van der Waals surface area contributed by atoms with E-state index in [1.807, 2.05) is 35.9 Å². The summed E-state index contributed by atoms with van der Waals surface area (Å²) in [6.07, 6.45) is 2.39. The fraction of sp³-hybridized carbons (Fsp3) is 0.500. The van der Waals surface area contributed by atoms with Crippen molar-refractivity contribution in [2.45, 2.75) is 11.3 Å². The van der Waals surface area contributed by atoms with Crippen molar-refractivity contribution in [2.24, 2.45) is 7.05 Å². The number of hydrogen-bond acceptors (Lipinski definition) is 4. The van der Waals surface area contributed by atoms with E-state index in [4.69, 9.17) is 4.74 Å². The zero-order valence-electron chi connectivity index (χ0n) is 12.9. The number of para-hydroxylation sites is 1. The van der Waals surface area contributed by atoms with E-state index in [1.54, 1.807) is 6.20 Å². The molecule has 0 N–H and O–H groups in total. The van der Waals surface area contributed by atoms with Gasteiger partial charge in [-0.25, -0.2) is 8.42 Å². The highest BCUT2D eigenvalue weighted by Gasteiger charge is 2.20. The standard InChI is InChI=1S/C16H22N2O3S/c1-17-13-16(14-5-2-3-6-15(14)17)22(19,20)12-4-7-18-8-10-21-11-9-18/h2-3,5-6,13H,4,7-12H2,1H3. The maximum absolute atomic E-state index is 12.6. The van der Waals surface area contributed by atoms with E-state index in [0.717, 1.165) is 43.8 Å². The second-order valence-electron chi connectivity index (χ2n) is 5.75. The van der Waals surface area contributed by atoms with Crippen molar-refractivity contribution in [3.63, 3.8) is 0 Å². The smallest absolute Gasteiger partial charge is 0.180 e. The van der Waals surface area contributed by atoms with Gasteiger partial charge in [0.15, 0.2) is 9.84 Å². The lowest BCUT2D eigenvalue weighted by atomic mass is 10.2. The van der Waals surface area contributed by atoms with Gasteiger partial charge in [-0.15, -0.1) is 0 Å². The molecular weight excluding hydrogens is 300 g/mol. The quantitative estimate of drug-likeness (QED) is 0.840. The Labute approximate surface area is 131 Å². The Morgan fingerprint density at radius 2 is 1.91 bits per heavy atom. The normalized spacial score (nSPS) is 17.1. The van der Waals surface area contributed by atoms with E-state index < -0.39 is 9.84 Å². The molecule has 2 aromatic rings. The SMILES string of the molecule is Cn1cc(S(=O)(=O)CCCN2CCOCC2)c2ccccc21. The Morgan fingerprint density at radius 1 is 1.18 bits per heavy atom. The molecule has 120 valence electrons. The van der Waals surface area contributed by atoms with Crippen molar-refractivity contribution >= 4 is 20.7 Å². The largest absolute Gasteiger partial charge is 0.379 e. The minimum atomic E-state index is -3.25. The summed E-state index contributed by atoms with van der Waals surface area (Å²) in [5, 5.41) is 0.816. The molecule has 1 saturated heterocycles. The van der Waals surface area contributed by atoms with Crippen LogP contribution in [-0.4, -0.2) is 56.5 Å². The molecule has 2 heterocycles. The first-order chi connectivity index (χ1) is 10.6. The minimum Gasteiger partial charge on any atom is -0.379 e. The molecule has 5 nitrogen and oxygen atoms in total. The molecule has 0 amide bonds. The molecule has 1 aromatic heterocycles. The van der Waals surface area contributed by atoms with Gasteiger partial charge in [-0.3, -0.25) is 4.90 Å². The van der Waals surface area contributed by atoms with Crippen LogP contribution in [-0.2, 0) is 21.6 Å². The van der Waals surface area contributed by atoms with Gasteiger partial charge in [0.25, 0.3) is 0 Å². The number of fused-ring (bicyclic) bond motifs is 1. The molecule has 0 spiro atoms. The number of aromatic nitrogens is 1. The number of hydrogen-bond donors (Lipinski definition) is 0. The van der Waals surface area contributed by atoms with Gasteiger partial charge >= 0.3 is 0 Å². The van der Waals surface area contributed by atoms with Crippen LogP contribution in [0.1, 0.15) is 6.42 Å². The van der Waals surface area contributed by atoms with Crippen LogP contribution >= 0.6 is 0 Å². The van der Waals surface area contributed by atoms with E-state index in [-0.39, 0.29) is 5.75 Å². The summed E-state index contributed by atoms with van der Waals surface area (Å²) in [6.45, 7) is 4.10. The molecular formula is C16H22N2O3S. The molecule has 0 bridgehead atoms. The topological polar surface area (TPSA) is 51.5 Å². The van der Waals surface area contributed by atoms with Crippen LogP contribution in [0.4, 0.5) is 0 Å². The summed E-state index contributed by atoms with van der Waals surface area (Å²) in [7, 11) is -1.36. The lowest BCUT2D eigenvalue weighted by Crippen LogP contribution is -2.37. The van der Waals surface area contributed by atoms with Crippen LogP contribution in [0, 0.1) is 0 Å². The van der Waals surface area contributed by atoms with Gasteiger partial charge in [-0.2, -0.15) is 0 Å². The molecule has 0 saturated carbocycles. The van der Waals surface area contributed by atoms with E-state index in [0.29, 0.717) is 11.3 Å². The molecule has 1 fully saturated rings. The Bertz CT molecular complexity index is 746. The number of benzene rings is 1. The van der Waals surface area contributed by atoms with Gasteiger partial charge in [-0.05, 0) is 19.0 Å².